The number of carbonyl (C=O) groups excluding carboxylic acids is 1. The van der Waals surface area contributed by atoms with Crippen LogP contribution in [-0.4, -0.2) is 75.3 Å². The third-order valence-electron chi connectivity index (χ3n) is 3.55. The van der Waals surface area contributed by atoms with Crippen LogP contribution in [0, 0.1) is 0 Å². The van der Waals surface area contributed by atoms with Crippen molar-refractivity contribution in [3.8, 4) is 0 Å². The number of nitrogens with one attached hydrogen (secondary N) is 4. The van der Waals surface area contributed by atoms with Crippen molar-refractivity contribution < 1.29 is 14.6 Å². The number of hydrogen-bond donors (Lipinski definition) is 6. The number of amides is 1. The Balaban J connectivity index is 3.45. The van der Waals surface area contributed by atoms with Crippen LogP contribution in [-0.2, 0) is 4.74 Å². The van der Waals surface area contributed by atoms with Crippen LogP contribution in [0.15, 0.2) is 0 Å². The zero-order chi connectivity index (χ0) is 19.7. The third-order valence-corrected chi connectivity index (χ3v) is 3.55. The molecule has 0 aliphatic heterocycles. The molecule has 0 aromatic heterocycles. The number of rotatable bonds is 16. The maximum Gasteiger partial charge on any atom is 0.407 e. The van der Waals surface area contributed by atoms with Crippen LogP contribution < -0.4 is 27.0 Å². The average molecular weight is 376 g/mol. The quantitative estimate of drug-likeness (QED) is 0.213. The molecular formula is C18H41N5O3. The molecule has 0 unspecified atom stereocenters. The highest BCUT2D eigenvalue weighted by Gasteiger charge is 2.18. The molecule has 1 amide bonds. The van der Waals surface area contributed by atoms with Crippen LogP contribution >= 0.6 is 0 Å². The highest BCUT2D eigenvalue weighted by Crippen LogP contribution is 2.06. The Kier molecular flexibility index (Phi) is 15.7. The van der Waals surface area contributed by atoms with Gasteiger partial charge in [0, 0.05) is 6.54 Å². The lowest BCUT2D eigenvalue weighted by Gasteiger charge is -2.23. The highest BCUT2D eigenvalue weighted by molar-refractivity contribution is 5.68. The lowest BCUT2D eigenvalue weighted by atomic mass is 10.2. The minimum atomic E-state index is -0.538. The van der Waals surface area contributed by atoms with Crippen LogP contribution in [0.25, 0.3) is 0 Å². The zero-order valence-electron chi connectivity index (χ0n) is 16.9. The number of carbonyl (C=O) groups is 1. The summed E-state index contributed by atoms with van der Waals surface area (Å²) in [5, 5.41) is 22.0. The highest BCUT2D eigenvalue weighted by atomic mass is 16.6. The molecular weight excluding hydrogens is 334 g/mol. The molecule has 7 N–H and O–H groups in total. The smallest absolute Gasteiger partial charge is 0.407 e. The topological polar surface area (TPSA) is 121 Å². The monoisotopic (exact) mass is 375 g/mol. The average Bonchev–Trinajstić information content (AvgIpc) is 2.56. The maximum absolute atomic E-state index is 11.7. The molecule has 0 aliphatic rings. The van der Waals surface area contributed by atoms with Gasteiger partial charge >= 0.3 is 6.09 Å². The number of ether oxygens (including phenoxy) is 1. The van der Waals surface area contributed by atoms with Gasteiger partial charge in [0.05, 0.1) is 12.6 Å². The maximum atomic E-state index is 11.7. The lowest BCUT2D eigenvalue weighted by Crippen LogP contribution is -2.46. The first-order valence-electron chi connectivity index (χ1n) is 9.81. The SMILES string of the molecule is CC(C)(C)OC(=O)N[C@@H](CO)CNCCCNCCCCNCCCN. The molecule has 26 heavy (non-hydrogen) atoms. The summed E-state index contributed by atoms with van der Waals surface area (Å²) in [7, 11) is 0. The molecule has 0 saturated carbocycles. The van der Waals surface area contributed by atoms with Crippen molar-refractivity contribution in [1.29, 1.82) is 0 Å². The summed E-state index contributed by atoms with van der Waals surface area (Å²) in [6, 6.07) is -0.343. The molecule has 0 fully saturated rings. The predicted molar refractivity (Wildman–Crippen MR) is 106 cm³/mol. The molecule has 0 bridgehead atoms. The fraction of sp³-hybridized carbons (Fsp3) is 0.944. The van der Waals surface area contributed by atoms with Crippen LogP contribution in [0.5, 0.6) is 0 Å². The molecule has 0 aromatic carbocycles. The first kappa shape index (κ1) is 25.1. The van der Waals surface area contributed by atoms with E-state index in [1.165, 1.54) is 6.42 Å². The second-order valence-electron chi connectivity index (χ2n) is 7.43. The molecule has 0 spiro atoms. The number of hydrogen-bond acceptors (Lipinski definition) is 7. The van der Waals surface area contributed by atoms with Crippen molar-refractivity contribution in [3.05, 3.63) is 0 Å². The normalized spacial score (nSPS) is 12.8. The fourth-order valence-corrected chi connectivity index (χ4v) is 2.23. The van der Waals surface area contributed by atoms with Crippen LogP contribution in [0.1, 0.15) is 46.5 Å². The van der Waals surface area contributed by atoms with Gasteiger partial charge in [-0.2, -0.15) is 0 Å². The Morgan fingerprint density at radius 3 is 2.04 bits per heavy atom. The van der Waals surface area contributed by atoms with Crippen molar-refractivity contribution in [2.24, 2.45) is 5.73 Å². The predicted octanol–water partition coefficient (Wildman–Crippen LogP) is 0.160. The fourth-order valence-electron chi connectivity index (χ4n) is 2.23. The molecule has 0 radical (unpaired) electrons. The van der Waals surface area contributed by atoms with E-state index < -0.39 is 11.7 Å². The molecule has 0 heterocycles. The molecule has 8 nitrogen and oxygen atoms in total. The number of aliphatic hydroxyl groups excluding tert-OH is 1. The van der Waals surface area contributed by atoms with Crippen molar-refractivity contribution in [2.45, 2.75) is 58.1 Å². The van der Waals surface area contributed by atoms with Gasteiger partial charge in [-0.15, -0.1) is 0 Å². The van der Waals surface area contributed by atoms with Gasteiger partial charge < -0.3 is 36.8 Å². The van der Waals surface area contributed by atoms with E-state index in [1.54, 1.807) is 0 Å². The number of aliphatic hydroxyl groups is 1. The van der Waals surface area contributed by atoms with Gasteiger partial charge in [-0.25, -0.2) is 4.79 Å². The first-order chi connectivity index (χ1) is 12.4. The van der Waals surface area contributed by atoms with Gasteiger partial charge in [-0.1, -0.05) is 0 Å². The van der Waals surface area contributed by atoms with E-state index in [9.17, 15) is 9.90 Å². The molecule has 0 aliphatic carbocycles. The Hall–Kier alpha value is -0.930. The zero-order valence-corrected chi connectivity index (χ0v) is 16.9. The van der Waals surface area contributed by atoms with Gasteiger partial charge in [0.2, 0.25) is 0 Å². The van der Waals surface area contributed by atoms with E-state index in [4.69, 9.17) is 10.5 Å². The van der Waals surface area contributed by atoms with Crippen LogP contribution in [0.2, 0.25) is 0 Å². The summed E-state index contributed by atoms with van der Waals surface area (Å²) in [6.45, 7) is 11.4. The number of unbranched alkanes of at least 4 members (excludes halogenated alkanes) is 1. The Labute approximate surface area is 159 Å². The summed E-state index contributed by atoms with van der Waals surface area (Å²) in [6.07, 6.45) is 3.87. The van der Waals surface area contributed by atoms with Gasteiger partial charge in [0.1, 0.15) is 5.60 Å². The largest absolute Gasteiger partial charge is 0.444 e. The molecule has 0 saturated heterocycles. The van der Waals surface area contributed by atoms with Crippen LogP contribution in [0.3, 0.4) is 0 Å². The summed E-state index contributed by atoms with van der Waals surface area (Å²) >= 11 is 0. The Morgan fingerprint density at radius 1 is 0.962 bits per heavy atom. The van der Waals surface area contributed by atoms with E-state index in [0.29, 0.717) is 6.54 Å². The van der Waals surface area contributed by atoms with Gasteiger partial charge in [0.25, 0.3) is 0 Å². The van der Waals surface area contributed by atoms with Crippen LogP contribution in [0.4, 0.5) is 4.79 Å². The Morgan fingerprint density at radius 2 is 1.50 bits per heavy atom. The summed E-state index contributed by atoms with van der Waals surface area (Å²) in [5.74, 6) is 0. The Bertz CT molecular complexity index is 337. The number of nitrogens with two attached hydrogens (primary N) is 1. The van der Waals surface area contributed by atoms with E-state index in [0.717, 1.165) is 58.5 Å². The van der Waals surface area contributed by atoms with Crippen molar-refractivity contribution in [2.75, 3.05) is 52.4 Å². The van der Waals surface area contributed by atoms with E-state index in [1.807, 2.05) is 20.8 Å². The van der Waals surface area contributed by atoms with Crippen molar-refractivity contribution >= 4 is 6.09 Å². The molecule has 0 aromatic rings. The summed E-state index contributed by atoms with van der Waals surface area (Å²) in [5.41, 5.74) is 4.90. The van der Waals surface area contributed by atoms with E-state index in [2.05, 4.69) is 21.3 Å². The standard InChI is InChI=1S/C18H41N5O3/c1-18(2,3)26-17(25)23-16(15-24)14-22-13-7-12-21-10-5-4-9-20-11-6-8-19/h16,20-22,24H,4-15,19H2,1-3H3,(H,23,25)/t16-/m1/s1. The van der Waals surface area contributed by atoms with Crippen molar-refractivity contribution in [3.63, 3.8) is 0 Å². The van der Waals surface area contributed by atoms with Gasteiger partial charge in [-0.3, -0.25) is 0 Å². The third kappa shape index (κ3) is 17.9. The number of alkyl carbamates (subject to hydrolysis) is 1. The second kappa shape index (κ2) is 16.3. The minimum absolute atomic E-state index is 0.121. The van der Waals surface area contributed by atoms with Gasteiger partial charge in [0.15, 0.2) is 0 Å². The molecule has 156 valence electrons. The summed E-state index contributed by atoms with van der Waals surface area (Å²) < 4.78 is 5.18. The van der Waals surface area contributed by atoms with Gasteiger partial charge in [-0.05, 0) is 85.7 Å². The second-order valence-corrected chi connectivity index (χ2v) is 7.43. The van der Waals surface area contributed by atoms with E-state index >= 15 is 0 Å². The summed E-state index contributed by atoms with van der Waals surface area (Å²) in [4.78, 5) is 11.7. The minimum Gasteiger partial charge on any atom is -0.444 e. The first-order valence-corrected chi connectivity index (χ1v) is 9.81. The molecule has 8 heteroatoms. The van der Waals surface area contributed by atoms with E-state index in [-0.39, 0.29) is 12.6 Å². The van der Waals surface area contributed by atoms with Crippen molar-refractivity contribution in [1.82, 2.24) is 21.3 Å². The lowest BCUT2D eigenvalue weighted by molar-refractivity contribution is 0.0482. The molecule has 1 atom stereocenters. The molecule has 0 rings (SSSR count).